The van der Waals surface area contributed by atoms with E-state index in [2.05, 4.69) is 15.5 Å². The highest BCUT2D eigenvalue weighted by Gasteiger charge is 2.41. The van der Waals surface area contributed by atoms with E-state index in [4.69, 9.17) is 0 Å². The molecule has 1 fully saturated rings. The van der Waals surface area contributed by atoms with E-state index in [0.717, 1.165) is 11.4 Å². The Balaban J connectivity index is 1.70. The van der Waals surface area contributed by atoms with Gasteiger partial charge in [0.15, 0.2) is 5.49 Å². The van der Waals surface area contributed by atoms with Gasteiger partial charge in [0.05, 0.1) is 12.2 Å². The third-order valence-electron chi connectivity index (χ3n) is 5.40. The standard InChI is InChI=1S/C19H23F2N7O2/c1-22-24-16-9-13(3-5-27(16)12-29)28-8-7-25(2)15-10-14(23-17(15)28)18(30)26-6-4-19(20,21)11-26/h3,5,9-10,12,22-23H,4,6-8,11H2,1-2H3/b24-16-. The van der Waals surface area contributed by atoms with Gasteiger partial charge in [-0.3, -0.25) is 14.2 Å². The molecule has 2 aliphatic heterocycles. The molecule has 0 radical (unpaired) electrons. The summed E-state index contributed by atoms with van der Waals surface area (Å²) in [6.07, 6.45) is 1.95. The second kappa shape index (κ2) is 7.47. The predicted octanol–water partition coefficient (Wildman–Crippen LogP) is 0.959. The lowest BCUT2D eigenvalue weighted by Gasteiger charge is -2.34. The summed E-state index contributed by atoms with van der Waals surface area (Å²) in [7, 11) is 3.55. The second-order valence-electron chi connectivity index (χ2n) is 7.41. The monoisotopic (exact) mass is 419 g/mol. The first kappa shape index (κ1) is 19.9. The number of amides is 1. The number of likely N-dealkylation sites (tertiary alicyclic amines) is 1. The maximum atomic E-state index is 13.5. The number of rotatable bonds is 4. The number of H-pyrrole nitrogens is 1. The molecule has 2 aromatic heterocycles. The van der Waals surface area contributed by atoms with Crippen molar-refractivity contribution in [1.29, 1.82) is 0 Å². The first-order chi connectivity index (χ1) is 14.3. The van der Waals surface area contributed by atoms with Crippen molar-refractivity contribution in [3.63, 3.8) is 0 Å². The molecule has 9 nitrogen and oxygen atoms in total. The third-order valence-corrected chi connectivity index (χ3v) is 5.40. The molecule has 11 heteroatoms. The first-order valence-electron chi connectivity index (χ1n) is 9.60. The number of carbonyl (C=O) groups is 2. The van der Waals surface area contributed by atoms with Gasteiger partial charge in [0.2, 0.25) is 6.41 Å². The van der Waals surface area contributed by atoms with Crippen LogP contribution in [0.5, 0.6) is 0 Å². The number of pyridine rings is 1. The van der Waals surface area contributed by atoms with Gasteiger partial charge in [-0.25, -0.2) is 8.78 Å². The van der Waals surface area contributed by atoms with Crippen molar-refractivity contribution in [2.24, 2.45) is 5.10 Å². The lowest BCUT2D eigenvalue weighted by molar-refractivity contribution is 0.0119. The summed E-state index contributed by atoms with van der Waals surface area (Å²) in [6.45, 7) is 0.799. The summed E-state index contributed by atoms with van der Waals surface area (Å²) in [5.41, 5.74) is 4.95. The van der Waals surface area contributed by atoms with Crippen LogP contribution in [0.2, 0.25) is 0 Å². The number of likely N-dealkylation sites (N-methyl/N-ethyl adjacent to an activating group) is 1. The Morgan fingerprint density at radius 3 is 2.77 bits per heavy atom. The number of aromatic nitrogens is 2. The van der Waals surface area contributed by atoms with E-state index in [9.17, 15) is 18.4 Å². The van der Waals surface area contributed by atoms with Gasteiger partial charge >= 0.3 is 0 Å². The van der Waals surface area contributed by atoms with Crippen LogP contribution in [-0.2, 0) is 4.79 Å². The molecule has 160 valence electrons. The summed E-state index contributed by atoms with van der Waals surface area (Å²) in [5.74, 6) is -2.58. The Kier molecular flexibility index (Phi) is 4.96. The molecule has 0 bridgehead atoms. The molecule has 30 heavy (non-hydrogen) atoms. The van der Waals surface area contributed by atoms with Gasteiger partial charge in [-0.2, -0.15) is 5.10 Å². The van der Waals surface area contributed by atoms with Gasteiger partial charge in [0.25, 0.3) is 11.8 Å². The average Bonchev–Trinajstić information content (AvgIpc) is 3.32. The summed E-state index contributed by atoms with van der Waals surface area (Å²) in [5, 5.41) is 4.11. The zero-order valence-corrected chi connectivity index (χ0v) is 16.7. The van der Waals surface area contributed by atoms with Crippen LogP contribution in [0.25, 0.3) is 0 Å². The molecule has 2 aromatic rings. The number of carbonyl (C=O) groups excluding carboxylic acids is 2. The Bertz CT molecular complexity index is 1050. The van der Waals surface area contributed by atoms with Crippen molar-refractivity contribution in [3.8, 4) is 0 Å². The molecule has 0 spiro atoms. The van der Waals surface area contributed by atoms with Crippen molar-refractivity contribution < 1.29 is 18.4 Å². The highest BCUT2D eigenvalue weighted by molar-refractivity contribution is 5.96. The number of anilines is 3. The van der Waals surface area contributed by atoms with Crippen LogP contribution >= 0.6 is 0 Å². The highest BCUT2D eigenvalue weighted by atomic mass is 19.3. The summed E-state index contributed by atoms with van der Waals surface area (Å²) < 4.78 is 28.4. The summed E-state index contributed by atoms with van der Waals surface area (Å²) >= 11 is 0. The summed E-state index contributed by atoms with van der Waals surface area (Å²) in [4.78, 5) is 32.3. The fourth-order valence-corrected chi connectivity index (χ4v) is 3.81. The van der Waals surface area contributed by atoms with Gasteiger partial charge in [0, 0.05) is 58.1 Å². The van der Waals surface area contributed by atoms with Crippen molar-refractivity contribution in [2.75, 3.05) is 50.1 Å². The molecule has 0 aliphatic carbocycles. The average molecular weight is 419 g/mol. The van der Waals surface area contributed by atoms with Crippen molar-refractivity contribution in [1.82, 2.24) is 19.9 Å². The molecule has 1 amide bonds. The maximum absolute atomic E-state index is 13.5. The number of nitrogens with zero attached hydrogens (tertiary/aromatic N) is 5. The maximum Gasteiger partial charge on any atom is 0.270 e. The number of aromatic amines is 1. The summed E-state index contributed by atoms with van der Waals surface area (Å²) in [6, 6.07) is 5.23. The van der Waals surface area contributed by atoms with Gasteiger partial charge < -0.3 is 25.1 Å². The molecule has 2 aliphatic rings. The zero-order chi connectivity index (χ0) is 21.5. The molecule has 4 heterocycles. The van der Waals surface area contributed by atoms with E-state index < -0.39 is 18.4 Å². The lowest BCUT2D eigenvalue weighted by Crippen LogP contribution is -2.37. The van der Waals surface area contributed by atoms with Crippen LogP contribution in [0.3, 0.4) is 0 Å². The van der Waals surface area contributed by atoms with Gasteiger partial charge in [-0.15, -0.1) is 0 Å². The lowest BCUT2D eigenvalue weighted by atomic mass is 10.2. The number of hydrogen-bond donors (Lipinski definition) is 2. The van der Waals surface area contributed by atoms with Crippen molar-refractivity contribution in [2.45, 2.75) is 12.3 Å². The van der Waals surface area contributed by atoms with E-state index >= 15 is 0 Å². The Hall–Kier alpha value is -3.37. The highest BCUT2D eigenvalue weighted by Crippen LogP contribution is 2.37. The second-order valence-corrected chi connectivity index (χ2v) is 7.41. The fraction of sp³-hybridized carbons (Fsp3) is 0.421. The van der Waals surface area contributed by atoms with Crippen LogP contribution < -0.4 is 20.7 Å². The van der Waals surface area contributed by atoms with Gasteiger partial charge in [-0.1, -0.05) is 0 Å². The topological polar surface area (TPSA) is 89.0 Å². The Morgan fingerprint density at radius 2 is 2.10 bits per heavy atom. The molecule has 0 aromatic carbocycles. The van der Waals surface area contributed by atoms with Crippen molar-refractivity contribution in [3.05, 3.63) is 35.6 Å². The van der Waals surface area contributed by atoms with Crippen LogP contribution in [-0.4, -0.2) is 73.0 Å². The van der Waals surface area contributed by atoms with E-state index in [1.54, 1.807) is 31.4 Å². The van der Waals surface area contributed by atoms with E-state index in [0.29, 0.717) is 30.8 Å². The molecule has 2 N–H and O–H groups in total. The van der Waals surface area contributed by atoms with E-state index in [1.807, 2.05) is 16.8 Å². The molecule has 4 rings (SSSR count). The molecular formula is C19H23F2N7O2. The smallest absolute Gasteiger partial charge is 0.270 e. The number of halogens is 2. The number of nitrogens with one attached hydrogen (secondary N) is 2. The van der Waals surface area contributed by atoms with Crippen LogP contribution in [0.15, 0.2) is 29.5 Å². The number of alkyl halides is 2. The van der Waals surface area contributed by atoms with Crippen LogP contribution in [0.1, 0.15) is 16.9 Å². The minimum Gasteiger partial charge on any atom is -0.370 e. The van der Waals surface area contributed by atoms with Crippen molar-refractivity contribution >= 4 is 29.5 Å². The molecule has 1 saturated heterocycles. The SMILES string of the molecule is CN/N=c1/cc(N2CCN(C)c3cc(C(=O)N4CCC(F)(F)C4)[nH]c32)ccn1C=O. The Labute approximate surface area is 171 Å². The molecule has 0 atom stereocenters. The van der Waals surface area contributed by atoms with E-state index in [-0.39, 0.29) is 18.7 Å². The van der Waals surface area contributed by atoms with Crippen LogP contribution in [0.4, 0.5) is 26.0 Å². The number of hydrogen-bond acceptors (Lipinski definition) is 6. The molecule has 0 unspecified atom stereocenters. The molecular weight excluding hydrogens is 396 g/mol. The zero-order valence-electron chi connectivity index (χ0n) is 16.7. The van der Waals surface area contributed by atoms with Gasteiger partial charge in [-0.05, 0) is 12.1 Å². The normalized spacial score (nSPS) is 18.5. The third kappa shape index (κ3) is 3.51. The minimum atomic E-state index is -2.84. The van der Waals surface area contributed by atoms with Crippen LogP contribution in [0, 0.1) is 0 Å². The largest absolute Gasteiger partial charge is 0.370 e. The minimum absolute atomic E-state index is 0.0360. The predicted molar refractivity (Wildman–Crippen MR) is 108 cm³/mol. The van der Waals surface area contributed by atoms with E-state index in [1.165, 1.54) is 9.47 Å². The quantitative estimate of drug-likeness (QED) is 0.569. The number of fused-ring (bicyclic) bond motifs is 1. The Morgan fingerprint density at radius 1 is 1.30 bits per heavy atom. The van der Waals surface area contributed by atoms with Gasteiger partial charge in [0.1, 0.15) is 11.5 Å². The first-order valence-corrected chi connectivity index (χ1v) is 9.60. The molecule has 0 saturated carbocycles. The fourth-order valence-electron chi connectivity index (χ4n) is 3.81.